The van der Waals surface area contributed by atoms with Crippen LogP contribution in [0.1, 0.15) is 6.92 Å². The van der Waals surface area contributed by atoms with Gasteiger partial charge in [-0.3, -0.25) is 9.59 Å². The lowest BCUT2D eigenvalue weighted by Crippen LogP contribution is -2.46. The molecule has 0 bridgehead atoms. The first-order chi connectivity index (χ1) is 10.3. The van der Waals surface area contributed by atoms with Crippen molar-refractivity contribution in [2.45, 2.75) is 12.5 Å². The maximum Gasteiger partial charge on any atom is 0.313 e. The van der Waals surface area contributed by atoms with Gasteiger partial charge in [-0.15, -0.1) is 0 Å². The Morgan fingerprint density at radius 3 is 2.59 bits per heavy atom. The highest BCUT2D eigenvalue weighted by Crippen LogP contribution is 2.27. The maximum atomic E-state index is 11.8. The number of rotatable bonds is 6. The molecule has 1 rings (SSSR count). The third-order valence-electron chi connectivity index (χ3n) is 2.70. The highest BCUT2D eigenvalue weighted by molar-refractivity contribution is 6.40. The molecule has 0 aliphatic carbocycles. The van der Waals surface area contributed by atoms with Crippen molar-refractivity contribution in [3.63, 3.8) is 0 Å². The third kappa shape index (κ3) is 5.51. The molecule has 1 unspecified atom stereocenters. The number of carbonyl (C=O) groups is 2. The molecule has 7 nitrogen and oxygen atoms in total. The molecule has 0 saturated carbocycles. The average molecular weight is 331 g/mol. The van der Waals surface area contributed by atoms with Gasteiger partial charge in [-0.05, 0) is 25.1 Å². The van der Waals surface area contributed by atoms with Crippen molar-refractivity contribution in [2.24, 2.45) is 0 Å². The van der Waals surface area contributed by atoms with Gasteiger partial charge in [-0.25, -0.2) is 0 Å². The second-order valence-corrected chi connectivity index (χ2v) is 5.35. The molecular formula is C14H19ClN2O5. The lowest BCUT2D eigenvalue weighted by molar-refractivity contribution is -0.137. The molecule has 0 fully saturated rings. The number of nitrogens with one attached hydrogen (secondary N) is 2. The zero-order valence-corrected chi connectivity index (χ0v) is 13.4. The topological polar surface area (TPSA) is 96.9 Å². The summed E-state index contributed by atoms with van der Waals surface area (Å²) in [5.74, 6) is -1.41. The molecule has 0 heterocycles. The van der Waals surface area contributed by atoms with Crippen molar-refractivity contribution in [1.29, 1.82) is 0 Å². The van der Waals surface area contributed by atoms with Crippen LogP contribution in [-0.2, 0) is 14.3 Å². The predicted octanol–water partition coefficient (Wildman–Crippen LogP) is 0.801. The van der Waals surface area contributed by atoms with E-state index in [1.807, 2.05) is 0 Å². The Balaban J connectivity index is 2.65. The van der Waals surface area contributed by atoms with Crippen molar-refractivity contribution in [1.82, 2.24) is 5.32 Å². The standard InChI is InChI=1S/C14H19ClN2O5/c1-14(20,8-21-2)7-16-12(18)13(19)17-10-6-9(15)4-5-11(10)22-3/h4-6,20H,7-8H2,1-3H3,(H,16,18)(H,17,19). The van der Waals surface area contributed by atoms with Gasteiger partial charge in [0.1, 0.15) is 11.4 Å². The summed E-state index contributed by atoms with van der Waals surface area (Å²) < 4.78 is 9.87. The number of hydrogen-bond donors (Lipinski definition) is 3. The zero-order valence-electron chi connectivity index (χ0n) is 12.6. The third-order valence-corrected chi connectivity index (χ3v) is 2.94. The molecular weight excluding hydrogens is 312 g/mol. The first-order valence-electron chi connectivity index (χ1n) is 6.43. The van der Waals surface area contributed by atoms with Gasteiger partial charge in [-0.1, -0.05) is 11.6 Å². The fourth-order valence-corrected chi connectivity index (χ4v) is 1.84. The van der Waals surface area contributed by atoms with Crippen molar-refractivity contribution in [2.75, 3.05) is 32.7 Å². The van der Waals surface area contributed by atoms with Crippen LogP contribution < -0.4 is 15.4 Å². The van der Waals surface area contributed by atoms with E-state index in [9.17, 15) is 14.7 Å². The van der Waals surface area contributed by atoms with Crippen LogP contribution in [0.4, 0.5) is 5.69 Å². The molecule has 1 aromatic carbocycles. The fourth-order valence-electron chi connectivity index (χ4n) is 1.67. The molecule has 22 heavy (non-hydrogen) atoms. The van der Waals surface area contributed by atoms with Crippen LogP contribution >= 0.6 is 11.6 Å². The average Bonchev–Trinajstić information content (AvgIpc) is 2.45. The van der Waals surface area contributed by atoms with E-state index in [0.29, 0.717) is 10.8 Å². The summed E-state index contributed by atoms with van der Waals surface area (Å²) in [6, 6.07) is 4.63. The summed E-state index contributed by atoms with van der Waals surface area (Å²) in [5, 5.41) is 15.0. The second-order valence-electron chi connectivity index (χ2n) is 4.91. The SMILES string of the molecule is COCC(C)(O)CNC(=O)C(=O)Nc1cc(Cl)ccc1OC. The molecule has 0 saturated heterocycles. The molecule has 0 spiro atoms. The van der Waals surface area contributed by atoms with Gasteiger partial charge in [-0.2, -0.15) is 0 Å². The van der Waals surface area contributed by atoms with Crippen LogP contribution in [-0.4, -0.2) is 49.9 Å². The number of ether oxygens (including phenoxy) is 2. The molecule has 2 amide bonds. The molecule has 0 aromatic heterocycles. The zero-order chi connectivity index (χ0) is 16.8. The van der Waals surface area contributed by atoms with Crippen molar-refractivity contribution in [3.8, 4) is 5.75 Å². The van der Waals surface area contributed by atoms with E-state index in [0.717, 1.165) is 0 Å². The minimum atomic E-state index is -1.27. The van der Waals surface area contributed by atoms with E-state index in [4.69, 9.17) is 21.1 Å². The Kier molecular flexibility index (Phi) is 6.61. The summed E-state index contributed by atoms with van der Waals surface area (Å²) in [5.41, 5.74) is -0.989. The molecule has 122 valence electrons. The Morgan fingerprint density at radius 2 is 2.00 bits per heavy atom. The summed E-state index contributed by atoms with van der Waals surface area (Å²) in [6.07, 6.45) is 0. The van der Waals surface area contributed by atoms with Crippen LogP contribution in [0, 0.1) is 0 Å². The number of hydrogen-bond acceptors (Lipinski definition) is 5. The smallest absolute Gasteiger partial charge is 0.313 e. The summed E-state index contributed by atoms with van der Waals surface area (Å²) in [6.45, 7) is 1.38. The quantitative estimate of drug-likeness (QED) is 0.670. The van der Waals surface area contributed by atoms with E-state index >= 15 is 0 Å². The normalized spacial score (nSPS) is 13.1. The van der Waals surface area contributed by atoms with Crippen LogP contribution in [0.3, 0.4) is 0 Å². The maximum absolute atomic E-state index is 11.8. The number of halogens is 1. The number of anilines is 1. The van der Waals surface area contributed by atoms with Crippen molar-refractivity contribution >= 4 is 29.1 Å². The molecule has 1 atom stereocenters. The van der Waals surface area contributed by atoms with E-state index in [-0.39, 0.29) is 18.8 Å². The highest BCUT2D eigenvalue weighted by Gasteiger charge is 2.23. The monoisotopic (exact) mass is 330 g/mol. The number of carbonyl (C=O) groups excluding carboxylic acids is 2. The summed E-state index contributed by atoms with van der Waals surface area (Å²) in [4.78, 5) is 23.6. The largest absolute Gasteiger partial charge is 0.495 e. The van der Waals surface area contributed by atoms with Gasteiger partial charge in [0.25, 0.3) is 0 Å². The van der Waals surface area contributed by atoms with Gasteiger partial charge < -0.3 is 25.2 Å². The molecule has 3 N–H and O–H groups in total. The van der Waals surface area contributed by atoms with Crippen LogP contribution in [0.5, 0.6) is 5.75 Å². The van der Waals surface area contributed by atoms with Gasteiger partial charge in [0.05, 0.1) is 19.4 Å². The van der Waals surface area contributed by atoms with Crippen LogP contribution in [0.15, 0.2) is 18.2 Å². The first-order valence-corrected chi connectivity index (χ1v) is 6.81. The molecule has 1 aromatic rings. The molecule has 0 radical (unpaired) electrons. The molecule has 0 aliphatic heterocycles. The second kappa shape index (κ2) is 7.98. The Labute approximate surface area is 133 Å². The minimum Gasteiger partial charge on any atom is -0.495 e. The summed E-state index contributed by atoms with van der Waals surface area (Å²) >= 11 is 5.84. The lowest BCUT2D eigenvalue weighted by Gasteiger charge is -2.22. The minimum absolute atomic E-state index is 0.0248. The van der Waals surface area contributed by atoms with Crippen LogP contribution in [0.2, 0.25) is 5.02 Å². The van der Waals surface area contributed by atoms with Crippen molar-refractivity contribution in [3.05, 3.63) is 23.2 Å². The summed E-state index contributed by atoms with van der Waals surface area (Å²) in [7, 11) is 2.86. The van der Waals surface area contributed by atoms with E-state index in [1.54, 1.807) is 12.1 Å². The van der Waals surface area contributed by atoms with Gasteiger partial charge in [0.2, 0.25) is 0 Å². The molecule has 8 heteroatoms. The van der Waals surface area contributed by atoms with E-state index < -0.39 is 17.4 Å². The highest BCUT2D eigenvalue weighted by atomic mass is 35.5. The number of aliphatic hydroxyl groups is 1. The lowest BCUT2D eigenvalue weighted by atomic mass is 10.1. The van der Waals surface area contributed by atoms with E-state index in [1.165, 1.54) is 27.2 Å². The Morgan fingerprint density at radius 1 is 1.32 bits per heavy atom. The first kappa shape index (κ1) is 18.2. The number of methoxy groups -OCH3 is 2. The number of benzene rings is 1. The van der Waals surface area contributed by atoms with Gasteiger partial charge in [0, 0.05) is 18.7 Å². The fraction of sp³-hybridized carbons (Fsp3) is 0.429. The number of amides is 2. The van der Waals surface area contributed by atoms with Crippen molar-refractivity contribution < 1.29 is 24.2 Å². The Hall–Kier alpha value is -1.83. The predicted molar refractivity (Wildman–Crippen MR) is 82.1 cm³/mol. The Bertz CT molecular complexity index is 548. The van der Waals surface area contributed by atoms with Gasteiger partial charge in [0.15, 0.2) is 0 Å². The van der Waals surface area contributed by atoms with E-state index in [2.05, 4.69) is 10.6 Å². The van der Waals surface area contributed by atoms with Crippen LogP contribution in [0.25, 0.3) is 0 Å². The van der Waals surface area contributed by atoms with Gasteiger partial charge >= 0.3 is 11.8 Å². The molecule has 0 aliphatic rings.